The largest absolute Gasteiger partial charge is 0.493 e. The van der Waals surface area contributed by atoms with Gasteiger partial charge in [-0.15, -0.1) is 0 Å². The molecule has 0 aliphatic heterocycles. The molecule has 0 heterocycles. The first kappa shape index (κ1) is 20.0. The van der Waals surface area contributed by atoms with Crippen LogP contribution in [0.4, 0.5) is 0 Å². The lowest BCUT2D eigenvalue weighted by Gasteiger charge is -2.10. The summed E-state index contributed by atoms with van der Waals surface area (Å²) in [5.74, 6) is 1.26. The highest BCUT2D eigenvalue weighted by atomic mass is 16.5. The van der Waals surface area contributed by atoms with Crippen molar-refractivity contribution in [1.29, 1.82) is 0 Å². The summed E-state index contributed by atoms with van der Waals surface area (Å²) in [6.07, 6.45) is 5.23. The molecule has 0 aromatic heterocycles. The molecule has 1 aromatic rings. The molecule has 1 N–H and O–H groups in total. The lowest BCUT2D eigenvalue weighted by Crippen LogP contribution is -2.23. The highest BCUT2D eigenvalue weighted by molar-refractivity contribution is 5.91. The molecular formula is C19H29NO4. The zero-order valence-corrected chi connectivity index (χ0v) is 15.1. The summed E-state index contributed by atoms with van der Waals surface area (Å²) in [5.41, 5.74) is 0.883. The topological polar surface area (TPSA) is 56.8 Å². The summed E-state index contributed by atoms with van der Waals surface area (Å²) in [7, 11) is 1.60. The van der Waals surface area contributed by atoms with Gasteiger partial charge in [-0.1, -0.05) is 13.0 Å². The van der Waals surface area contributed by atoms with E-state index < -0.39 is 0 Å². The second-order valence-electron chi connectivity index (χ2n) is 5.66. The van der Waals surface area contributed by atoms with Crippen molar-refractivity contribution < 1.29 is 19.0 Å². The molecule has 0 bridgehead atoms. The summed E-state index contributed by atoms with van der Waals surface area (Å²) in [6, 6.07) is 5.61. The third kappa shape index (κ3) is 8.02. The number of benzene rings is 1. The van der Waals surface area contributed by atoms with Crippen LogP contribution >= 0.6 is 0 Å². The number of ether oxygens (including phenoxy) is 3. The fourth-order valence-electron chi connectivity index (χ4n) is 1.95. The number of carbonyl (C=O) groups excluding carboxylic acids is 1. The highest BCUT2D eigenvalue weighted by Gasteiger charge is 2.04. The number of methoxy groups -OCH3 is 1. The zero-order valence-electron chi connectivity index (χ0n) is 15.1. The second kappa shape index (κ2) is 11.5. The lowest BCUT2D eigenvalue weighted by molar-refractivity contribution is -0.116. The average Bonchev–Trinajstić information content (AvgIpc) is 2.57. The van der Waals surface area contributed by atoms with Crippen LogP contribution < -0.4 is 14.8 Å². The maximum atomic E-state index is 11.8. The highest BCUT2D eigenvalue weighted by Crippen LogP contribution is 2.28. The molecule has 0 unspecified atom stereocenters. The normalized spacial score (nSPS) is 11.0. The Bertz CT molecular complexity index is 526. The minimum absolute atomic E-state index is 0.121. The SMILES string of the molecule is CCCOc1ccc(/C=C/C(=O)NCCCOC(C)C)cc1OC. The van der Waals surface area contributed by atoms with Gasteiger partial charge in [0.25, 0.3) is 0 Å². The van der Waals surface area contributed by atoms with E-state index >= 15 is 0 Å². The van der Waals surface area contributed by atoms with E-state index in [1.807, 2.05) is 32.0 Å². The number of nitrogens with one attached hydrogen (secondary N) is 1. The Morgan fingerprint density at radius 3 is 2.71 bits per heavy atom. The molecule has 0 aliphatic carbocycles. The molecule has 0 saturated heterocycles. The zero-order chi connectivity index (χ0) is 17.8. The minimum atomic E-state index is -0.121. The Kier molecular flexibility index (Phi) is 9.61. The summed E-state index contributed by atoms with van der Waals surface area (Å²) >= 11 is 0. The van der Waals surface area contributed by atoms with Gasteiger partial charge in [0.05, 0.1) is 19.8 Å². The van der Waals surface area contributed by atoms with Gasteiger partial charge in [0.2, 0.25) is 5.91 Å². The first-order chi connectivity index (χ1) is 11.6. The quantitative estimate of drug-likeness (QED) is 0.497. The summed E-state index contributed by atoms with van der Waals surface area (Å²) in [5, 5.41) is 2.83. The van der Waals surface area contributed by atoms with Crippen molar-refractivity contribution in [3.63, 3.8) is 0 Å². The summed E-state index contributed by atoms with van der Waals surface area (Å²) in [6.45, 7) is 7.94. The molecule has 0 fully saturated rings. The van der Waals surface area contributed by atoms with Crippen molar-refractivity contribution in [1.82, 2.24) is 5.32 Å². The van der Waals surface area contributed by atoms with Crippen LogP contribution in [0.3, 0.4) is 0 Å². The molecular weight excluding hydrogens is 306 g/mol. The van der Waals surface area contributed by atoms with Crippen LogP contribution in [0.15, 0.2) is 24.3 Å². The van der Waals surface area contributed by atoms with Gasteiger partial charge in [-0.3, -0.25) is 4.79 Å². The van der Waals surface area contributed by atoms with Crippen molar-refractivity contribution >= 4 is 12.0 Å². The van der Waals surface area contributed by atoms with Gasteiger partial charge in [0.1, 0.15) is 0 Å². The summed E-state index contributed by atoms with van der Waals surface area (Å²) in [4.78, 5) is 11.8. The van der Waals surface area contributed by atoms with Gasteiger partial charge in [0, 0.05) is 19.2 Å². The first-order valence-electron chi connectivity index (χ1n) is 8.45. The van der Waals surface area contributed by atoms with Crippen molar-refractivity contribution in [3.05, 3.63) is 29.8 Å². The molecule has 0 spiro atoms. The fraction of sp³-hybridized carbons (Fsp3) is 0.526. The molecule has 134 valence electrons. The van der Waals surface area contributed by atoms with E-state index in [1.54, 1.807) is 13.2 Å². The molecule has 5 heteroatoms. The second-order valence-corrected chi connectivity index (χ2v) is 5.66. The molecule has 1 aromatic carbocycles. The fourth-order valence-corrected chi connectivity index (χ4v) is 1.95. The number of amides is 1. The lowest BCUT2D eigenvalue weighted by atomic mass is 10.2. The van der Waals surface area contributed by atoms with E-state index in [4.69, 9.17) is 14.2 Å². The van der Waals surface area contributed by atoms with E-state index in [0.29, 0.717) is 31.3 Å². The minimum Gasteiger partial charge on any atom is -0.493 e. The molecule has 1 rings (SSSR count). The Morgan fingerprint density at radius 1 is 1.25 bits per heavy atom. The predicted octanol–water partition coefficient (Wildman–Crippen LogP) is 3.43. The average molecular weight is 335 g/mol. The van der Waals surface area contributed by atoms with Gasteiger partial charge >= 0.3 is 0 Å². The van der Waals surface area contributed by atoms with Crippen LogP contribution in [-0.2, 0) is 9.53 Å². The summed E-state index contributed by atoms with van der Waals surface area (Å²) < 4.78 is 16.4. The van der Waals surface area contributed by atoms with Gasteiger partial charge in [-0.05, 0) is 50.5 Å². The smallest absolute Gasteiger partial charge is 0.244 e. The van der Waals surface area contributed by atoms with Crippen LogP contribution in [0.25, 0.3) is 6.08 Å². The molecule has 1 amide bonds. The molecule has 0 radical (unpaired) electrons. The van der Waals surface area contributed by atoms with Crippen molar-refractivity contribution in [2.75, 3.05) is 26.9 Å². The number of carbonyl (C=O) groups is 1. The number of hydrogen-bond donors (Lipinski definition) is 1. The van der Waals surface area contributed by atoms with Crippen molar-refractivity contribution in [2.45, 2.75) is 39.7 Å². The molecule has 0 aliphatic rings. The monoisotopic (exact) mass is 335 g/mol. The third-order valence-corrected chi connectivity index (χ3v) is 3.15. The van der Waals surface area contributed by atoms with Crippen molar-refractivity contribution in [3.8, 4) is 11.5 Å². The van der Waals surface area contributed by atoms with Crippen molar-refractivity contribution in [2.24, 2.45) is 0 Å². The molecule has 24 heavy (non-hydrogen) atoms. The van der Waals surface area contributed by atoms with Gasteiger partial charge in [0.15, 0.2) is 11.5 Å². The van der Waals surface area contributed by atoms with Crippen LogP contribution in [0.1, 0.15) is 39.2 Å². The first-order valence-corrected chi connectivity index (χ1v) is 8.45. The van der Waals surface area contributed by atoms with Crippen LogP contribution in [0.5, 0.6) is 11.5 Å². The van der Waals surface area contributed by atoms with Gasteiger partial charge in [-0.2, -0.15) is 0 Å². The predicted molar refractivity (Wildman–Crippen MR) is 96.5 cm³/mol. The Morgan fingerprint density at radius 2 is 2.04 bits per heavy atom. The third-order valence-electron chi connectivity index (χ3n) is 3.15. The van der Waals surface area contributed by atoms with E-state index in [9.17, 15) is 4.79 Å². The van der Waals surface area contributed by atoms with Gasteiger partial charge in [-0.25, -0.2) is 0 Å². The van der Waals surface area contributed by atoms with Crippen LogP contribution in [0, 0.1) is 0 Å². The molecule has 0 atom stereocenters. The van der Waals surface area contributed by atoms with Gasteiger partial charge < -0.3 is 19.5 Å². The molecule has 0 saturated carbocycles. The molecule has 5 nitrogen and oxygen atoms in total. The maximum absolute atomic E-state index is 11.8. The van der Waals surface area contributed by atoms with Crippen LogP contribution in [0.2, 0.25) is 0 Å². The Balaban J connectivity index is 2.46. The van der Waals surface area contributed by atoms with E-state index in [-0.39, 0.29) is 12.0 Å². The number of rotatable bonds is 11. The number of hydrogen-bond acceptors (Lipinski definition) is 4. The Labute approximate surface area is 145 Å². The Hall–Kier alpha value is -2.01. The standard InChI is InChI=1S/C19H29NO4/c1-5-12-24-17-9-7-16(14-18(17)22-4)8-10-19(21)20-11-6-13-23-15(2)3/h7-10,14-15H,5-6,11-13H2,1-4H3,(H,20,21)/b10-8+. The maximum Gasteiger partial charge on any atom is 0.244 e. The van der Waals surface area contributed by atoms with E-state index in [1.165, 1.54) is 6.08 Å². The van der Waals surface area contributed by atoms with E-state index in [0.717, 1.165) is 18.4 Å². The van der Waals surface area contributed by atoms with Crippen LogP contribution in [-0.4, -0.2) is 38.9 Å². The van der Waals surface area contributed by atoms with E-state index in [2.05, 4.69) is 12.2 Å².